The van der Waals surface area contributed by atoms with Gasteiger partial charge in [0.05, 0.1) is 0 Å². The number of benzene rings is 2. The van der Waals surface area contributed by atoms with Crippen molar-refractivity contribution in [3.63, 3.8) is 0 Å². The minimum atomic E-state index is -0.250. The van der Waals surface area contributed by atoms with Crippen LogP contribution in [0, 0.1) is 10.8 Å². The molecule has 2 nitrogen and oxygen atoms in total. The Hall–Kier alpha value is -3.26. The summed E-state index contributed by atoms with van der Waals surface area (Å²) in [6.07, 6.45) is 8.21. The van der Waals surface area contributed by atoms with E-state index in [0.29, 0.717) is 0 Å². The minimum absolute atomic E-state index is 0.0985. The smallest absolute Gasteiger partial charge is 0.190 e. The van der Waals surface area contributed by atoms with Crippen molar-refractivity contribution in [2.45, 2.75) is 41.5 Å². The molecule has 0 saturated carbocycles. The monoisotopic (exact) mass is 422 g/mol. The van der Waals surface area contributed by atoms with E-state index in [0.717, 1.165) is 44.5 Å². The number of ketones is 2. The predicted octanol–water partition coefficient (Wildman–Crippen LogP) is 7.49. The van der Waals surface area contributed by atoms with Gasteiger partial charge in [0.1, 0.15) is 0 Å². The maximum atomic E-state index is 13.1. The highest BCUT2D eigenvalue weighted by Crippen LogP contribution is 2.40. The molecule has 0 N–H and O–H groups in total. The van der Waals surface area contributed by atoms with Crippen LogP contribution in [0.3, 0.4) is 0 Å². The summed E-state index contributed by atoms with van der Waals surface area (Å²) in [4.78, 5) is 26.2. The molecule has 0 amide bonds. The van der Waals surface area contributed by atoms with Gasteiger partial charge in [-0.15, -0.1) is 0 Å². The molecule has 0 unspecified atom stereocenters. The molecular weight excluding hydrogens is 392 g/mol. The second kappa shape index (κ2) is 7.70. The fraction of sp³-hybridized carbons (Fsp3) is 0.267. The van der Waals surface area contributed by atoms with Crippen LogP contribution < -0.4 is 0 Å². The molecule has 32 heavy (non-hydrogen) atoms. The summed E-state index contributed by atoms with van der Waals surface area (Å²) >= 11 is 0. The molecule has 4 rings (SSSR count). The van der Waals surface area contributed by atoms with Crippen LogP contribution in [0.2, 0.25) is 0 Å². The fourth-order valence-corrected chi connectivity index (χ4v) is 4.32. The summed E-state index contributed by atoms with van der Waals surface area (Å²) in [6, 6.07) is 15.6. The molecule has 0 fully saturated rings. The molecule has 0 atom stereocenters. The fourth-order valence-electron chi connectivity index (χ4n) is 4.32. The summed E-state index contributed by atoms with van der Waals surface area (Å²) < 4.78 is 0. The van der Waals surface area contributed by atoms with Crippen LogP contribution in [0.4, 0.5) is 0 Å². The molecular formula is C30H30O2. The quantitative estimate of drug-likeness (QED) is 0.477. The molecule has 0 aromatic heterocycles. The molecule has 2 aromatic rings. The number of carbonyl (C=O) groups is 2. The maximum Gasteiger partial charge on any atom is 0.190 e. The Morgan fingerprint density at radius 2 is 0.844 bits per heavy atom. The van der Waals surface area contributed by atoms with Crippen molar-refractivity contribution in [1.82, 2.24) is 0 Å². The number of Topliss-reactive ketones (excluding diaryl/α,β-unsaturated/α-hetero) is 2. The van der Waals surface area contributed by atoms with Gasteiger partial charge < -0.3 is 0 Å². The summed E-state index contributed by atoms with van der Waals surface area (Å²) in [7, 11) is 0. The zero-order chi connectivity index (χ0) is 23.3. The van der Waals surface area contributed by atoms with Crippen molar-refractivity contribution >= 4 is 22.7 Å². The van der Waals surface area contributed by atoms with Gasteiger partial charge >= 0.3 is 0 Å². The van der Waals surface area contributed by atoms with E-state index in [1.165, 1.54) is 0 Å². The van der Waals surface area contributed by atoms with Gasteiger partial charge in [0.25, 0.3) is 0 Å². The lowest BCUT2D eigenvalue weighted by molar-refractivity contribution is 0.1000. The third kappa shape index (κ3) is 3.86. The first-order chi connectivity index (χ1) is 15.0. The van der Waals surface area contributed by atoms with Gasteiger partial charge in [0.2, 0.25) is 0 Å². The zero-order valence-electron chi connectivity index (χ0n) is 19.7. The van der Waals surface area contributed by atoms with Gasteiger partial charge in [-0.25, -0.2) is 0 Å². The van der Waals surface area contributed by atoms with Crippen molar-refractivity contribution < 1.29 is 9.59 Å². The largest absolute Gasteiger partial charge is 0.289 e. The number of rotatable bonds is 1. The van der Waals surface area contributed by atoms with Crippen molar-refractivity contribution in [1.29, 1.82) is 0 Å². The third-order valence-electron chi connectivity index (χ3n) is 6.11. The number of allylic oxidation sites excluding steroid dienone is 8. The van der Waals surface area contributed by atoms with E-state index < -0.39 is 0 Å². The lowest BCUT2D eigenvalue weighted by Gasteiger charge is -2.28. The second-order valence-electron chi connectivity index (χ2n) is 10.6. The van der Waals surface area contributed by atoms with E-state index in [9.17, 15) is 9.59 Å². The van der Waals surface area contributed by atoms with E-state index in [2.05, 4.69) is 53.7 Å². The highest BCUT2D eigenvalue weighted by Gasteiger charge is 2.31. The van der Waals surface area contributed by atoms with E-state index in [1.807, 2.05) is 60.7 Å². The maximum absolute atomic E-state index is 13.1. The summed E-state index contributed by atoms with van der Waals surface area (Å²) in [5.74, 6) is 0.197. The van der Waals surface area contributed by atoms with E-state index >= 15 is 0 Å². The zero-order valence-corrected chi connectivity index (χ0v) is 19.7. The third-order valence-corrected chi connectivity index (χ3v) is 6.11. The van der Waals surface area contributed by atoms with Crippen LogP contribution in [0.25, 0.3) is 11.1 Å². The first-order valence-electron chi connectivity index (χ1n) is 11.1. The summed E-state index contributed by atoms with van der Waals surface area (Å²) in [5, 5.41) is 0. The van der Waals surface area contributed by atoms with Gasteiger partial charge in [-0.3, -0.25) is 9.59 Å². The van der Waals surface area contributed by atoms with Crippen LogP contribution in [0.1, 0.15) is 73.4 Å². The number of hydrogen-bond donors (Lipinski definition) is 0. The minimum Gasteiger partial charge on any atom is -0.289 e. The highest BCUT2D eigenvalue weighted by atomic mass is 16.1. The summed E-state index contributed by atoms with van der Waals surface area (Å²) in [6.45, 7) is 12.4. The molecule has 162 valence electrons. The standard InChI is InChI=1S/C30H30O2/c1-29(2,3)25-17-19(21-11-7-9-13-23(21)27(25)31)15-16-20-18-26(30(4,5)6)28(32)24-14-10-8-12-22(20)24/h7-18H,1-6H3/b19-15+,20-16+. The average molecular weight is 423 g/mol. The molecule has 0 aliphatic heterocycles. The molecule has 0 saturated heterocycles. The van der Waals surface area contributed by atoms with Gasteiger partial charge in [-0.1, -0.05) is 102 Å². The Morgan fingerprint density at radius 3 is 1.16 bits per heavy atom. The molecule has 0 heterocycles. The molecule has 0 radical (unpaired) electrons. The SMILES string of the molecule is CC(C)(C)C1=C/C(=C\C=C2/C=C(C(C)(C)C)C(=O)c3ccccc32)c2ccccc2C1=O. The van der Waals surface area contributed by atoms with Crippen LogP contribution >= 0.6 is 0 Å². The van der Waals surface area contributed by atoms with Crippen LogP contribution in [-0.4, -0.2) is 11.6 Å². The van der Waals surface area contributed by atoms with E-state index in [4.69, 9.17) is 0 Å². The number of hydrogen-bond acceptors (Lipinski definition) is 2. The van der Waals surface area contributed by atoms with Gasteiger partial charge in [-0.2, -0.15) is 0 Å². The Labute approximate surface area is 191 Å². The van der Waals surface area contributed by atoms with Crippen molar-refractivity contribution in [3.8, 4) is 0 Å². The molecule has 2 aliphatic rings. The second-order valence-corrected chi connectivity index (χ2v) is 10.6. The van der Waals surface area contributed by atoms with Gasteiger partial charge in [0, 0.05) is 22.3 Å². The van der Waals surface area contributed by atoms with E-state index in [1.54, 1.807) is 0 Å². The molecule has 2 aromatic carbocycles. The first-order valence-corrected chi connectivity index (χ1v) is 11.1. The molecule has 2 heteroatoms. The Bertz CT molecular complexity index is 1150. The van der Waals surface area contributed by atoms with Crippen LogP contribution in [0.15, 0.2) is 84.0 Å². The van der Waals surface area contributed by atoms with Crippen molar-refractivity contribution in [3.05, 3.63) is 106 Å². The summed E-state index contributed by atoms with van der Waals surface area (Å²) in [5.41, 5.74) is 6.53. The lowest BCUT2D eigenvalue weighted by atomic mass is 9.75. The highest BCUT2D eigenvalue weighted by molar-refractivity contribution is 6.18. The average Bonchev–Trinajstić information content (AvgIpc) is 2.73. The van der Waals surface area contributed by atoms with Gasteiger partial charge in [0.15, 0.2) is 11.6 Å². The topological polar surface area (TPSA) is 34.1 Å². The molecule has 0 bridgehead atoms. The van der Waals surface area contributed by atoms with Crippen molar-refractivity contribution in [2.24, 2.45) is 10.8 Å². The van der Waals surface area contributed by atoms with Gasteiger partial charge in [-0.05, 0) is 45.3 Å². The Balaban J connectivity index is 1.91. The normalized spacial score (nSPS) is 18.9. The Kier molecular flexibility index (Phi) is 5.29. The van der Waals surface area contributed by atoms with Crippen LogP contribution in [-0.2, 0) is 0 Å². The predicted molar refractivity (Wildman–Crippen MR) is 133 cm³/mol. The first kappa shape index (κ1) is 22.0. The molecule has 0 spiro atoms. The van der Waals surface area contributed by atoms with Crippen molar-refractivity contribution in [2.75, 3.05) is 0 Å². The number of carbonyl (C=O) groups excluding carboxylic acids is 2. The van der Waals surface area contributed by atoms with Crippen LogP contribution in [0.5, 0.6) is 0 Å². The number of fused-ring (bicyclic) bond motifs is 2. The molecule has 2 aliphatic carbocycles. The lowest BCUT2D eigenvalue weighted by Crippen LogP contribution is -2.22. The Morgan fingerprint density at radius 1 is 0.531 bits per heavy atom. The van der Waals surface area contributed by atoms with E-state index in [-0.39, 0.29) is 22.4 Å².